The standard InChI is InChI=1S/C13H18N4O2S/c1-10-3-4-11(7-15-10)8-16-20(18,19)13-5-12(6-14)17(2)9-13/h3-5,7,9,16H,6,8,14H2,1-2H3. The van der Waals surface area contributed by atoms with Crippen molar-refractivity contribution >= 4 is 10.0 Å². The zero-order valence-corrected chi connectivity index (χ0v) is 12.3. The molecule has 0 bridgehead atoms. The van der Waals surface area contributed by atoms with Gasteiger partial charge >= 0.3 is 0 Å². The molecule has 2 aromatic rings. The second-order valence-corrected chi connectivity index (χ2v) is 6.38. The van der Waals surface area contributed by atoms with Gasteiger partial charge in [0.25, 0.3) is 0 Å². The van der Waals surface area contributed by atoms with Crippen LogP contribution in [0.25, 0.3) is 0 Å². The van der Waals surface area contributed by atoms with Crippen LogP contribution in [0.1, 0.15) is 17.0 Å². The molecule has 0 aliphatic carbocycles. The van der Waals surface area contributed by atoms with Crippen molar-refractivity contribution in [3.63, 3.8) is 0 Å². The molecular weight excluding hydrogens is 276 g/mol. The number of hydrogen-bond donors (Lipinski definition) is 2. The van der Waals surface area contributed by atoms with E-state index in [2.05, 4.69) is 9.71 Å². The summed E-state index contributed by atoms with van der Waals surface area (Å²) in [4.78, 5) is 4.35. The van der Waals surface area contributed by atoms with Crippen LogP contribution in [0.2, 0.25) is 0 Å². The summed E-state index contributed by atoms with van der Waals surface area (Å²) in [6, 6.07) is 5.27. The Morgan fingerprint density at radius 1 is 1.40 bits per heavy atom. The van der Waals surface area contributed by atoms with E-state index in [9.17, 15) is 8.42 Å². The Morgan fingerprint density at radius 3 is 2.70 bits per heavy atom. The molecule has 0 fully saturated rings. The normalized spacial score (nSPS) is 11.8. The molecule has 0 aromatic carbocycles. The molecule has 0 amide bonds. The Morgan fingerprint density at radius 2 is 2.15 bits per heavy atom. The summed E-state index contributed by atoms with van der Waals surface area (Å²) in [5.74, 6) is 0. The summed E-state index contributed by atoms with van der Waals surface area (Å²) in [6.07, 6.45) is 3.21. The molecule has 3 N–H and O–H groups in total. The Bertz CT molecular complexity index is 690. The molecule has 0 saturated heterocycles. The largest absolute Gasteiger partial charge is 0.352 e. The highest BCUT2D eigenvalue weighted by atomic mass is 32.2. The van der Waals surface area contributed by atoms with Crippen molar-refractivity contribution in [1.29, 1.82) is 0 Å². The zero-order chi connectivity index (χ0) is 14.8. The molecule has 7 heteroatoms. The number of aromatic nitrogens is 2. The first-order valence-electron chi connectivity index (χ1n) is 6.19. The third-order valence-corrected chi connectivity index (χ3v) is 4.41. The van der Waals surface area contributed by atoms with Gasteiger partial charge in [-0.25, -0.2) is 13.1 Å². The molecule has 0 radical (unpaired) electrons. The SMILES string of the molecule is Cc1ccc(CNS(=O)(=O)c2cc(CN)n(C)c2)cn1. The maximum absolute atomic E-state index is 12.2. The van der Waals surface area contributed by atoms with Crippen molar-refractivity contribution < 1.29 is 8.42 Å². The summed E-state index contributed by atoms with van der Waals surface area (Å²) >= 11 is 0. The number of hydrogen-bond acceptors (Lipinski definition) is 4. The van der Waals surface area contributed by atoms with Gasteiger partial charge in [0.15, 0.2) is 0 Å². The van der Waals surface area contributed by atoms with Crippen molar-refractivity contribution in [3.8, 4) is 0 Å². The summed E-state index contributed by atoms with van der Waals surface area (Å²) < 4.78 is 28.6. The lowest BCUT2D eigenvalue weighted by Gasteiger charge is -2.05. The summed E-state index contributed by atoms with van der Waals surface area (Å²) in [5, 5.41) is 0. The minimum atomic E-state index is -3.53. The van der Waals surface area contributed by atoms with E-state index in [1.807, 2.05) is 19.1 Å². The minimum Gasteiger partial charge on any atom is -0.352 e. The first-order valence-corrected chi connectivity index (χ1v) is 7.67. The molecular formula is C13H18N4O2S. The molecule has 108 valence electrons. The van der Waals surface area contributed by atoms with Gasteiger partial charge < -0.3 is 10.3 Å². The number of aryl methyl sites for hydroxylation is 2. The first-order chi connectivity index (χ1) is 9.42. The molecule has 0 saturated carbocycles. The Hall–Kier alpha value is -1.70. The monoisotopic (exact) mass is 294 g/mol. The third-order valence-electron chi connectivity index (χ3n) is 3.04. The van der Waals surface area contributed by atoms with Crippen LogP contribution in [0.15, 0.2) is 35.5 Å². The average Bonchev–Trinajstić information content (AvgIpc) is 2.80. The van der Waals surface area contributed by atoms with Crippen molar-refractivity contribution in [3.05, 3.63) is 47.5 Å². The van der Waals surface area contributed by atoms with E-state index in [4.69, 9.17) is 5.73 Å². The molecule has 2 heterocycles. The highest BCUT2D eigenvalue weighted by Gasteiger charge is 2.16. The topological polar surface area (TPSA) is 90.0 Å². The molecule has 0 aliphatic rings. The van der Waals surface area contributed by atoms with Crippen LogP contribution in [0.3, 0.4) is 0 Å². The third kappa shape index (κ3) is 3.24. The molecule has 20 heavy (non-hydrogen) atoms. The lowest BCUT2D eigenvalue weighted by Crippen LogP contribution is -2.23. The molecule has 6 nitrogen and oxygen atoms in total. The molecule has 0 unspecified atom stereocenters. The number of pyridine rings is 1. The Balaban J connectivity index is 2.12. The average molecular weight is 294 g/mol. The van der Waals surface area contributed by atoms with Crippen LogP contribution in [0.5, 0.6) is 0 Å². The summed E-state index contributed by atoms with van der Waals surface area (Å²) in [7, 11) is -1.77. The smallest absolute Gasteiger partial charge is 0.242 e. The van der Waals surface area contributed by atoms with E-state index >= 15 is 0 Å². The van der Waals surface area contributed by atoms with Gasteiger partial charge in [-0.15, -0.1) is 0 Å². The maximum Gasteiger partial charge on any atom is 0.242 e. The maximum atomic E-state index is 12.2. The molecule has 0 atom stereocenters. The van der Waals surface area contributed by atoms with Gasteiger partial charge in [0.05, 0.1) is 4.90 Å². The van der Waals surface area contributed by atoms with Crippen molar-refractivity contribution in [2.24, 2.45) is 12.8 Å². The molecule has 0 aliphatic heterocycles. The lowest BCUT2D eigenvalue weighted by atomic mass is 10.2. The van der Waals surface area contributed by atoms with Crippen molar-refractivity contribution in [1.82, 2.24) is 14.3 Å². The van der Waals surface area contributed by atoms with Crippen molar-refractivity contribution in [2.45, 2.75) is 24.9 Å². The fourth-order valence-corrected chi connectivity index (χ4v) is 2.90. The highest BCUT2D eigenvalue weighted by Crippen LogP contribution is 2.13. The number of sulfonamides is 1. The van der Waals surface area contributed by atoms with Crippen LogP contribution in [0, 0.1) is 6.92 Å². The molecule has 0 spiro atoms. The van der Waals surface area contributed by atoms with Crippen LogP contribution < -0.4 is 10.5 Å². The Labute approximate surface area is 118 Å². The van der Waals surface area contributed by atoms with Crippen LogP contribution in [-0.4, -0.2) is 18.0 Å². The van der Waals surface area contributed by atoms with Gasteiger partial charge in [0, 0.05) is 43.9 Å². The van der Waals surface area contributed by atoms with E-state index < -0.39 is 10.0 Å². The van der Waals surface area contributed by atoms with E-state index in [0.29, 0.717) is 6.54 Å². The van der Waals surface area contributed by atoms with Gasteiger partial charge in [0.1, 0.15) is 0 Å². The minimum absolute atomic E-state index is 0.211. The van der Waals surface area contributed by atoms with Crippen LogP contribution >= 0.6 is 0 Å². The molecule has 2 rings (SSSR count). The predicted octanol–water partition coefficient (Wildman–Crippen LogP) is 0.666. The van der Waals surface area contributed by atoms with Gasteiger partial charge in [-0.2, -0.15) is 0 Å². The highest BCUT2D eigenvalue weighted by molar-refractivity contribution is 7.89. The second kappa shape index (κ2) is 5.74. The summed E-state index contributed by atoms with van der Waals surface area (Å²) in [6.45, 7) is 2.39. The van der Waals surface area contributed by atoms with E-state index in [0.717, 1.165) is 17.0 Å². The first kappa shape index (κ1) is 14.7. The number of nitrogens with zero attached hydrogens (tertiary/aromatic N) is 2. The Kier molecular flexibility index (Phi) is 4.22. The lowest BCUT2D eigenvalue weighted by molar-refractivity contribution is 0.581. The van der Waals surface area contributed by atoms with E-state index in [1.54, 1.807) is 30.1 Å². The van der Waals surface area contributed by atoms with E-state index in [-0.39, 0.29) is 11.4 Å². The van der Waals surface area contributed by atoms with Gasteiger partial charge in [0.2, 0.25) is 10.0 Å². The van der Waals surface area contributed by atoms with Gasteiger partial charge in [-0.1, -0.05) is 6.07 Å². The number of rotatable bonds is 5. The predicted molar refractivity (Wildman–Crippen MR) is 76.3 cm³/mol. The van der Waals surface area contributed by atoms with Crippen molar-refractivity contribution in [2.75, 3.05) is 0 Å². The van der Waals surface area contributed by atoms with Gasteiger partial charge in [-0.05, 0) is 24.6 Å². The number of nitrogens with one attached hydrogen (secondary N) is 1. The fourth-order valence-electron chi connectivity index (χ4n) is 1.79. The van der Waals surface area contributed by atoms with Crippen LogP contribution in [-0.2, 0) is 30.2 Å². The van der Waals surface area contributed by atoms with E-state index in [1.165, 1.54) is 0 Å². The summed E-state index contributed by atoms with van der Waals surface area (Å²) in [5.41, 5.74) is 8.02. The number of nitrogens with two attached hydrogens (primary N) is 1. The molecule has 2 aromatic heterocycles. The quantitative estimate of drug-likeness (QED) is 0.848. The zero-order valence-electron chi connectivity index (χ0n) is 11.5. The van der Waals surface area contributed by atoms with Gasteiger partial charge in [-0.3, -0.25) is 4.98 Å². The van der Waals surface area contributed by atoms with Crippen LogP contribution in [0.4, 0.5) is 0 Å². The second-order valence-electron chi connectivity index (χ2n) is 4.61. The fraction of sp³-hybridized carbons (Fsp3) is 0.308.